The molecule has 0 unspecified atom stereocenters. The number of aromatic nitrogens is 1. The molecule has 14 heavy (non-hydrogen) atoms. The number of halogens is 1. The second kappa shape index (κ2) is 4.03. The molecule has 0 aliphatic carbocycles. The molecule has 74 valence electrons. The zero-order chi connectivity index (χ0) is 9.97. The molecular weight excluding hydrogens is 196 g/mol. The maximum atomic E-state index is 6.14. The van der Waals surface area contributed by atoms with Gasteiger partial charge in [0.25, 0.3) is 0 Å². The fourth-order valence-electron chi connectivity index (χ4n) is 1.66. The van der Waals surface area contributed by atoms with Crippen LogP contribution in [0.5, 0.6) is 0 Å². The first-order valence-electron chi connectivity index (χ1n) is 4.72. The first kappa shape index (κ1) is 9.56. The van der Waals surface area contributed by atoms with Gasteiger partial charge in [-0.25, -0.2) is 0 Å². The van der Waals surface area contributed by atoms with Crippen molar-refractivity contribution in [3.05, 3.63) is 35.0 Å². The lowest BCUT2D eigenvalue weighted by Crippen LogP contribution is -2.09. The molecule has 0 atom stereocenters. The first-order chi connectivity index (χ1) is 6.83. The Morgan fingerprint density at radius 2 is 2.29 bits per heavy atom. The van der Waals surface area contributed by atoms with Crippen LogP contribution in [0.25, 0.3) is 10.9 Å². The highest BCUT2D eigenvalue weighted by Gasteiger charge is 2.05. The van der Waals surface area contributed by atoms with Crippen molar-refractivity contribution >= 4 is 22.5 Å². The van der Waals surface area contributed by atoms with Crippen LogP contribution in [0.1, 0.15) is 5.56 Å². The highest BCUT2D eigenvalue weighted by atomic mass is 35.5. The van der Waals surface area contributed by atoms with Crippen LogP contribution in [0.3, 0.4) is 0 Å². The van der Waals surface area contributed by atoms with Crippen molar-refractivity contribution in [1.29, 1.82) is 0 Å². The van der Waals surface area contributed by atoms with Crippen LogP contribution in [0, 0.1) is 0 Å². The maximum Gasteiger partial charge on any atom is 0.0502 e. The molecule has 0 spiro atoms. The summed E-state index contributed by atoms with van der Waals surface area (Å²) in [4.78, 5) is 3.23. The van der Waals surface area contributed by atoms with E-state index in [-0.39, 0.29) is 0 Å². The van der Waals surface area contributed by atoms with E-state index in [1.807, 2.05) is 31.4 Å². The van der Waals surface area contributed by atoms with Gasteiger partial charge in [0.15, 0.2) is 0 Å². The molecular formula is C11H13ClN2. The minimum atomic E-state index is 0.829. The topological polar surface area (TPSA) is 27.8 Å². The summed E-state index contributed by atoms with van der Waals surface area (Å²) >= 11 is 6.14. The van der Waals surface area contributed by atoms with Gasteiger partial charge in [0.1, 0.15) is 0 Å². The Kier molecular flexibility index (Phi) is 2.75. The summed E-state index contributed by atoms with van der Waals surface area (Å²) in [5.74, 6) is 0. The van der Waals surface area contributed by atoms with Crippen molar-refractivity contribution in [1.82, 2.24) is 10.3 Å². The van der Waals surface area contributed by atoms with Crippen molar-refractivity contribution in [2.75, 3.05) is 13.6 Å². The molecule has 0 bridgehead atoms. The molecule has 0 aliphatic rings. The van der Waals surface area contributed by atoms with E-state index in [1.165, 1.54) is 5.56 Å². The Hall–Kier alpha value is -0.990. The number of rotatable bonds is 3. The smallest absolute Gasteiger partial charge is 0.0502 e. The number of likely N-dealkylation sites (N-methyl/N-ethyl adjacent to an activating group) is 1. The molecule has 0 saturated heterocycles. The van der Waals surface area contributed by atoms with Crippen molar-refractivity contribution in [3.8, 4) is 0 Å². The quantitative estimate of drug-likeness (QED) is 0.798. The molecule has 3 heteroatoms. The number of hydrogen-bond acceptors (Lipinski definition) is 1. The number of hydrogen-bond donors (Lipinski definition) is 2. The van der Waals surface area contributed by atoms with Gasteiger partial charge in [0, 0.05) is 17.1 Å². The molecule has 2 rings (SSSR count). The molecule has 2 nitrogen and oxygen atoms in total. The number of nitrogens with one attached hydrogen (secondary N) is 2. The monoisotopic (exact) mass is 208 g/mol. The summed E-state index contributed by atoms with van der Waals surface area (Å²) in [6, 6.07) is 5.94. The van der Waals surface area contributed by atoms with Gasteiger partial charge in [-0.2, -0.15) is 0 Å². The van der Waals surface area contributed by atoms with E-state index < -0.39 is 0 Å². The van der Waals surface area contributed by atoms with Gasteiger partial charge in [-0.15, -0.1) is 0 Å². The highest BCUT2D eigenvalue weighted by molar-refractivity contribution is 6.35. The summed E-state index contributed by atoms with van der Waals surface area (Å²) in [6.07, 6.45) is 3.04. The molecule has 2 aromatic rings. The maximum absolute atomic E-state index is 6.14. The van der Waals surface area contributed by atoms with Crippen LogP contribution < -0.4 is 5.32 Å². The molecule has 0 amide bonds. The lowest BCUT2D eigenvalue weighted by Gasteiger charge is -1.99. The van der Waals surface area contributed by atoms with E-state index >= 15 is 0 Å². The number of fused-ring (bicyclic) bond motifs is 1. The average Bonchev–Trinajstić information content (AvgIpc) is 2.59. The number of aromatic amines is 1. The Morgan fingerprint density at radius 1 is 1.43 bits per heavy atom. The fraction of sp³-hybridized carbons (Fsp3) is 0.273. The Labute approximate surface area is 88.3 Å². The molecule has 0 aliphatic heterocycles. The highest BCUT2D eigenvalue weighted by Crippen LogP contribution is 2.26. The van der Waals surface area contributed by atoms with Crippen LogP contribution in [0.2, 0.25) is 5.02 Å². The minimum absolute atomic E-state index is 0.829. The van der Waals surface area contributed by atoms with Crippen LogP contribution >= 0.6 is 11.6 Å². The molecule has 0 radical (unpaired) electrons. The van der Waals surface area contributed by atoms with Crippen molar-refractivity contribution in [2.45, 2.75) is 6.42 Å². The van der Waals surface area contributed by atoms with Crippen molar-refractivity contribution in [2.24, 2.45) is 0 Å². The summed E-state index contributed by atoms with van der Waals surface area (Å²) in [5, 5.41) is 5.12. The lowest BCUT2D eigenvalue weighted by molar-refractivity contribution is 0.795. The van der Waals surface area contributed by atoms with E-state index in [0.717, 1.165) is 28.9 Å². The zero-order valence-electron chi connectivity index (χ0n) is 8.10. The van der Waals surface area contributed by atoms with Gasteiger partial charge in [-0.1, -0.05) is 17.7 Å². The number of H-pyrrole nitrogens is 1. The second-order valence-corrected chi connectivity index (χ2v) is 3.74. The first-order valence-corrected chi connectivity index (χ1v) is 5.10. The van der Waals surface area contributed by atoms with Gasteiger partial charge in [-0.3, -0.25) is 0 Å². The van der Waals surface area contributed by atoms with Gasteiger partial charge >= 0.3 is 0 Å². The van der Waals surface area contributed by atoms with Gasteiger partial charge < -0.3 is 10.3 Å². The van der Waals surface area contributed by atoms with Crippen LogP contribution in [0.4, 0.5) is 0 Å². The van der Waals surface area contributed by atoms with Crippen LogP contribution in [-0.4, -0.2) is 18.6 Å². The second-order valence-electron chi connectivity index (χ2n) is 3.33. The average molecular weight is 209 g/mol. The van der Waals surface area contributed by atoms with Crippen molar-refractivity contribution in [3.63, 3.8) is 0 Å². The predicted molar refractivity (Wildman–Crippen MR) is 60.9 cm³/mol. The van der Waals surface area contributed by atoms with E-state index in [1.54, 1.807) is 0 Å². The molecule has 0 saturated carbocycles. The summed E-state index contributed by atoms with van der Waals surface area (Å²) < 4.78 is 0. The zero-order valence-corrected chi connectivity index (χ0v) is 8.86. The van der Waals surface area contributed by atoms with E-state index in [9.17, 15) is 0 Å². The summed E-state index contributed by atoms with van der Waals surface area (Å²) in [5.41, 5.74) is 2.39. The third-order valence-electron chi connectivity index (χ3n) is 2.38. The normalized spacial score (nSPS) is 11.0. The van der Waals surface area contributed by atoms with Crippen molar-refractivity contribution < 1.29 is 0 Å². The lowest BCUT2D eigenvalue weighted by atomic mass is 10.1. The Morgan fingerprint density at radius 3 is 3.07 bits per heavy atom. The van der Waals surface area contributed by atoms with Gasteiger partial charge in [-0.05, 0) is 37.7 Å². The largest absolute Gasteiger partial charge is 0.361 e. The van der Waals surface area contributed by atoms with Gasteiger partial charge in [0.2, 0.25) is 0 Å². The van der Waals surface area contributed by atoms with Crippen LogP contribution in [0.15, 0.2) is 24.4 Å². The standard InChI is InChI=1S/C11H13ClN2/c1-13-6-5-8-7-14-10-4-2-3-9(12)11(8)10/h2-4,7,13-14H,5-6H2,1H3. The molecule has 0 fully saturated rings. The molecule has 2 N–H and O–H groups in total. The Balaban J connectivity index is 2.45. The third kappa shape index (κ3) is 1.63. The van der Waals surface area contributed by atoms with E-state index in [4.69, 9.17) is 11.6 Å². The third-order valence-corrected chi connectivity index (χ3v) is 2.70. The molecule has 1 heterocycles. The number of benzene rings is 1. The van der Waals surface area contributed by atoms with Gasteiger partial charge in [0.05, 0.1) is 5.02 Å². The Bertz CT molecular complexity index is 434. The van der Waals surface area contributed by atoms with Crippen LogP contribution in [-0.2, 0) is 6.42 Å². The predicted octanol–water partition coefficient (Wildman–Crippen LogP) is 2.58. The summed E-state index contributed by atoms with van der Waals surface area (Å²) in [6.45, 7) is 0.970. The fourth-order valence-corrected chi connectivity index (χ4v) is 1.96. The molecule has 1 aromatic heterocycles. The van der Waals surface area contributed by atoms with E-state index in [2.05, 4.69) is 10.3 Å². The SMILES string of the molecule is CNCCc1c[nH]c2cccc(Cl)c12. The summed E-state index contributed by atoms with van der Waals surface area (Å²) in [7, 11) is 1.95. The molecule has 1 aromatic carbocycles. The van der Waals surface area contributed by atoms with E-state index in [0.29, 0.717) is 0 Å². The minimum Gasteiger partial charge on any atom is -0.361 e.